The summed E-state index contributed by atoms with van der Waals surface area (Å²) in [6.45, 7) is 0. The van der Waals surface area contributed by atoms with Crippen LogP contribution in [0.3, 0.4) is 0 Å². The third-order valence-electron chi connectivity index (χ3n) is 3.61. The molecule has 0 atom stereocenters. The molecule has 2 aromatic rings. The Bertz CT molecular complexity index is 723. The maximum atomic E-state index is 12.5. The molecule has 1 heterocycles. The van der Waals surface area contributed by atoms with Crippen LogP contribution < -0.4 is 0 Å². The van der Waals surface area contributed by atoms with Crippen LogP contribution in [0.25, 0.3) is 6.08 Å². The van der Waals surface area contributed by atoms with Crippen molar-refractivity contribution in [3.05, 3.63) is 64.6 Å². The molecule has 0 fully saturated rings. The Balaban J connectivity index is 1.94. The summed E-state index contributed by atoms with van der Waals surface area (Å²) in [5, 5.41) is 0. The van der Waals surface area contributed by atoms with Crippen LogP contribution in [-0.2, 0) is 11.2 Å². The lowest BCUT2D eigenvalue weighted by Crippen LogP contribution is -2.15. The number of carbonyl (C=O) groups excluding carboxylic acids is 2. The summed E-state index contributed by atoms with van der Waals surface area (Å²) in [5.41, 5.74) is 3.67. The number of hydrogen-bond donors (Lipinski definition) is 0. The van der Waals surface area contributed by atoms with E-state index in [0.29, 0.717) is 17.5 Å². The van der Waals surface area contributed by atoms with Crippen LogP contribution >= 0.6 is 0 Å². The lowest BCUT2D eigenvalue weighted by molar-refractivity contribution is 0.0600. The Morgan fingerprint density at radius 1 is 1.29 bits per heavy atom. The van der Waals surface area contributed by atoms with Crippen LogP contribution in [0, 0.1) is 0 Å². The minimum Gasteiger partial charge on any atom is -0.472 e. The monoisotopic (exact) mass is 282 g/mol. The molecule has 0 amide bonds. The van der Waals surface area contributed by atoms with Crippen molar-refractivity contribution in [1.82, 2.24) is 0 Å². The summed E-state index contributed by atoms with van der Waals surface area (Å²) in [5.74, 6) is -0.376. The number of allylic oxidation sites excluding steroid dienone is 1. The van der Waals surface area contributed by atoms with Crippen LogP contribution in [0.15, 0.2) is 46.8 Å². The predicted molar refractivity (Wildman–Crippen MR) is 77.1 cm³/mol. The van der Waals surface area contributed by atoms with Crippen molar-refractivity contribution in [3.63, 3.8) is 0 Å². The van der Waals surface area contributed by atoms with Gasteiger partial charge in [0.05, 0.1) is 25.2 Å². The summed E-state index contributed by atoms with van der Waals surface area (Å²) >= 11 is 0. The number of hydrogen-bond acceptors (Lipinski definition) is 4. The summed E-state index contributed by atoms with van der Waals surface area (Å²) in [6.07, 6.45) is 6.42. The van der Waals surface area contributed by atoms with Gasteiger partial charge in [-0.05, 0) is 48.7 Å². The number of Topliss-reactive ketones (excluding diaryl/α,β-unsaturated/α-hetero) is 1. The average Bonchev–Trinajstić information content (AvgIpc) is 3.02. The number of aryl methyl sites for hydroxylation is 1. The van der Waals surface area contributed by atoms with Gasteiger partial charge in [0, 0.05) is 16.7 Å². The summed E-state index contributed by atoms with van der Waals surface area (Å²) < 4.78 is 9.71. The van der Waals surface area contributed by atoms with Gasteiger partial charge in [-0.1, -0.05) is 0 Å². The molecular weight excluding hydrogens is 268 g/mol. The number of ether oxygens (including phenoxy) is 1. The third kappa shape index (κ3) is 2.52. The van der Waals surface area contributed by atoms with E-state index >= 15 is 0 Å². The van der Waals surface area contributed by atoms with Crippen LogP contribution in [0.5, 0.6) is 0 Å². The average molecular weight is 282 g/mol. The largest absolute Gasteiger partial charge is 0.472 e. The highest BCUT2D eigenvalue weighted by Crippen LogP contribution is 2.27. The lowest BCUT2D eigenvalue weighted by Gasteiger charge is -2.18. The Kier molecular flexibility index (Phi) is 3.44. The number of furan rings is 1. The molecule has 3 rings (SSSR count). The Labute approximate surface area is 122 Å². The second kappa shape index (κ2) is 5.40. The van der Waals surface area contributed by atoms with Crippen molar-refractivity contribution in [1.29, 1.82) is 0 Å². The summed E-state index contributed by atoms with van der Waals surface area (Å²) in [7, 11) is 1.35. The van der Waals surface area contributed by atoms with E-state index in [1.807, 2.05) is 12.1 Å². The van der Waals surface area contributed by atoms with E-state index in [2.05, 4.69) is 0 Å². The molecular formula is C17H14O4. The lowest BCUT2D eigenvalue weighted by atomic mass is 9.85. The van der Waals surface area contributed by atoms with Crippen LogP contribution in [0.2, 0.25) is 0 Å². The fourth-order valence-electron chi connectivity index (χ4n) is 2.52. The van der Waals surface area contributed by atoms with Gasteiger partial charge in [-0.25, -0.2) is 4.79 Å². The molecule has 106 valence electrons. The van der Waals surface area contributed by atoms with Crippen LogP contribution in [-0.4, -0.2) is 18.9 Å². The molecule has 0 saturated heterocycles. The number of benzene rings is 1. The maximum Gasteiger partial charge on any atom is 0.337 e. The number of fused-ring (bicyclic) bond motifs is 1. The molecule has 4 heteroatoms. The first-order valence-corrected chi connectivity index (χ1v) is 6.68. The highest BCUT2D eigenvalue weighted by Gasteiger charge is 2.23. The van der Waals surface area contributed by atoms with E-state index in [9.17, 15) is 9.59 Å². The predicted octanol–water partition coefficient (Wildman–Crippen LogP) is 3.28. The van der Waals surface area contributed by atoms with Gasteiger partial charge in [-0.15, -0.1) is 0 Å². The molecule has 0 radical (unpaired) electrons. The molecule has 1 aromatic heterocycles. The van der Waals surface area contributed by atoms with Crippen LogP contribution in [0.1, 0.15) is 38.3 Å². The van der Waals surface area contributed by atoms with Gasteiger partial charge in [0.15, 0.2) is 5.78 Å². The third-order valence-corrected chi connectivity index (χ3v) is 3.61. The quantitative estimate of drug-likeness (QED) is 0.626. The molecule has 21 heavy (non-hydrogen) atoms. The van der Waals surface area contributed by atoms with Gasteiger partial charge < -0.3 is 9.15 Å². The van der Waals surface area contributed by atoms with E-state index in [-0.39, 0.29) is 11.8 Å². The van der Waals surface area contributed by atoms with Crippen molar-refractivity contribution in [2.24, 2.45) is 0 Å². The molecule has 0 aliphatic heterocycles. The van der Waals surface area contributed by atoms with Crippen molar-refractivity contribution in [2.45, 2.75) is 12.8 Å². The Hall–Kier alpha value is -2.62. The van der Waals surface area contributed by atoms with Gasteiger partial charge in [0.1, 0.15) is 0 Å². The van der Waals surface area contributed by atoms with E-state index in [1.54, 1.807) is 30.7 Å². The van der Waals surface area contributed by atoms with Gasteiger partial charge in [-0.2, -0.15) is 0 Å². The van der Waals surface area contributed by atoms with Crippen molar-refractivity contribution >= 4 is 17.8 Å². The molecule has 1 aliphatic carbocycles. The highest BCUT2D eigenvalue weighted by molar-refractivity contribution is 6.13. The topological polar surface area (TPSA) is 56.5 Å². The van der Waals surface area contributed by atoms with E-state index in [1.165, 1.54) is 7.11 Å². The fourth-order valence-corrected chi connectivity index (χ4v) is 2.52. The fraction of sp³-hybridized carbons (Fsp3) is 0.176. The minimum absolute atomic E-state index is 0.00821. The summed E-state index contributed by atoms with van der Waals surface area (Å²) in [6, 6.07) is 6.89. The normalized spacial score (nSPS) is 15.9. The summed E-state index contributed by atoms with van der Waals surface area (Å²) in [4.78, 5) is 24.0. The van der Waals surface area contributed by atoms with Gasteiger partial charge in [0.2, 0.25) is 0 Å². The standard InChI is InChI=1S/C17H14O4/c1-20-17(19)14-4-5-15-12(9-14)2-3-13(16(15)18)8-11-6-7-21-10-11/h4-10H,2-3H2,1H3/b13-8-. The molecule has 0 unspecified atom stereocenters. The molecule has 0 N–H and O–H groups in total. The van der Waals surface area contributed by atoms with Crippen molar-refractivity contribution in [3.8, 4) is 0 Å². The number of methoxy groups -OCH3 is 1. The number of esters is 1. The van der Waals surface area contributed by atoms with E-state index in [4.69, 9.17) is 9.15 Å². The maximum absolute atomic E-state index is 12.5. The first-order chi connectivity index (χ1) is 10.2. The first-order valence-electron chi connectivity index (χ1n) is 6.68. The zero-order chi connectivity index (χ0) is 14.8. The van der Waals surface area contributed by atoms with E-state index < -0.39 is 0 Å². The molecule has 1 aromatic carbocycles. The van der Waals surface area contributed by atoms with Crippen molar-refractivity contribution in [2.75, 3.05) is 7.11 Å². The smallest absolute Gasteiger partial charge is 0.337 e. The number of carbonyl (C=O) groups is 2. The molecule has 0 spiro atoms. The highest BCUT2D eigenvalue weighted by atomic mass is 16.5. The second-order valence-corrected chi connectivity index (χ2v) is 4.92. The molecule has 0 saturated carbocycles. The molecule has 0 bridgehead atoms. The zero-order valence-corrected chi connectivity index (χ0v) is 11.6. The number of rotatable bonds is 2. The zero-order valence-electron chi connectivity index (χ0n) is 11.6. The Morgan fingerprint density at radius 3 is 2.86 bits per heavy atom. The Morgan fingerprint density at radius 2 is 2.14 bits per heavy atom. The van der Waals surface area contributed by atoms with Crippen molar-refractivity contribution < 1.29 is 18.7 Å². The van der Waals surface area contributed by atoms with E-state index in [0.717, 1.165) is 23.1 Å². The molecule has 4 nitrogen and oxygen atoms in total. The SMILES string of the molecule is COC(=O)c1ccc2c(c1)CC/C(=C/c1ccoc1)C2=O. The van der Waals surface area contributed by atoms with Crippen LogP contribution in [0.4, 0.5) is 0 Å². The van der Waals surface area contributed by atoms with Gasteiger partial charge in [0.25, 0.3) is 0 Å². The second-order valence-electron chi connectivity index (χ2n) is 4.92. The molecule has 1 aliphatic rings. The van der Waals surface area contributed by atoms with Gasteiger partial charge in [-0.3, -0.25) is 4.79 Å². The minimum atomic E-state index is -0.384. The number of ketones is 1. The first kappa shape index (κ1) is 13.4. The van der Waals surface area contributed by atoms with Gasteiger partial charge >= 0.3 is 5.97 Å².